The second-order valence-corrected chi connectivity index (χ2v) is 18.6. The van der Waals surface area contributed by atoms with E-state index in [-0.39, 0.29) is 10.8 Å². The van der Waals surface area contributed by atoms with Gasteiger partial charge in [0.05, 0.1) is 0 Å². The van der Waals surface area contributed by atoms with Crippen LogP contribution in [0.25, 0.3) is 11.1 Å². The van der Waals surface area contributed by atoms with Crippen LogP contribution in [0.1, 0.15) is 206 Å². The van der Waals surface area contributed by atoms with Crippen LogP contribution in [0.5, 0.6) is 0 Å². The van der Waals surface area contributed by atoms with Gasteiger partial charge >= 0.3 is 0 Å². The SMILES string of the molecule is CCCCC(CC)CC1(CC(CC)CCCC)C2=C(c3ccc(Br)cc31)C(CC(CC)CCCC)(CC(CC)CCCC)c1cc(Br)ccc12. The van der Waals surface area contributed by atoms with Crippen molar-refractivity contribution in [1.82, 2.24) is 0 Å². The highest BCUT2D eigenvalue weighted by atomic mass is 79.9. The molecule has 0 nitrogen and oxygen atoms in total. The lowest BCUT2D eigenvalue weighted by Crippen LogP contribution is -2.33. The zero-order valence-electron chi connectivity index (χ0n) is 33.7. The minimum absolute atomic E-state index is 0.0534. The van der Waals surface area contributed by atoms with Crippen molar-refractivity contribution in [2.45, 2.75) is 195 Å². The van der Waals surface area contributed by atoms with Crippen LogP contribution in [0, 0.1) is 23.7 Å². The maximum absolute atomic E-state index is 4.05. The van der Waals surface area contributed by atoms with E-state index in [1.807, 2.05) is 0 Å². The fourth-order valence-corrected chi connectivity index (χ4v) is 11.3. The quantitative estimate of drug-likeness (QED) is 0.0991. The molecule has 280 valence electrons. The lowest BCUT2D eigenvalue weighted by atomic mass is 9.62. The predicted molar refractivity (Wildman–Crippen MR) is 230 cm³/mol. The first-order chi connectivity index (χ1) is 24.2. The Morgan fingerprint density at radius 2 is 0.720 bits per heavy atom. The van der Waals surface area contributed by atoms with E-state index in [0.29, 0.717) is 0 Å². The summed E-state index contributed by atoms with van der Waals surface area (Å²) in [5.74, 6) is 2.97. The van der Waals surface area contributed by atoms with E-state index in [4.69, 9.17) is 0 Å². The molecule has 0 fully saturated rings. The van der Waals surface area contributed by atoms with Gasteiger partial charge in [-0.2, -0.15) is 0 Å². The van der Waals surface area contributed by atoms with Crippen LogP contribution in [0.2, 0.25) is 0 Å². The van der Waals surface area contributed by atoms with Crippen molar-refractivity contribution in [2.75, 3.05) is 0 Å². The molecule has 4 rings (SSSR count). The molecule has 0 heterocycles. The molecule has 0 amide bonds. The average Bonchev–Trinajstić information content (AvgIpc) is 3.55. The second kappa shape index (κ2) is 20.0. The number of hydrogen-bond donors (Lipinski definition) is 0. The number of hydrogen-bond acceptors (Lipinski definition) is 0. The van der Waals surface area contributed by atoms with Gasteiger partial charge in [0.1, 0.15) is 0 Å². The minimum Gasteiger partial charge on any atom is -0.0654 e. The molecule has 50 heavy (non-hydrogen) atoms. The first kappa shape index (κ1) is 41.9. The summed E-state index contributed by atoms with van der Waals surface area (Å²) in [6, 6.07) is 15.1. The Balaban J connectivity index is 2.11. The summed E-state index contributed by atoms with van der Waals surface area (Å²) in [7, 11) is 0. The Morgan fingerprint density at radius 3 is 0.960 bits per heavy atom. The van der Waals surface area contributed by atoms with Crippen molar-refractivity contribution in [1.29, 1.82) is 0 Å². The number of fused-ring (bicyclic) bond motifs is 4. The molecule has 2 aromatic carbocycles. The minimum atomic E-state index is 0.0534. The lowest BCUT2D eigenvalue weighted by Gasteiger charge is -2.41. The standard InChI is InChI=1S/C48H74Br2/c1-9-17-21-35(13-5)31-47(32-36(14-6)22-18-10-2)43-29-39(49)25-27-41(43)46-45(47)42-28-26-40(50)30-44(42)48(46,33-37(15-7)23-19-11-3)34-38(16-8)24-20-12-4/h25-30,35-38H,9-24,31-34H2,1-8H3. The van der Waals surface area contributed by atoms with Gasteiger partial charge in [-0.3, -0.25) is 0 Å². The van der Waals surface area contributed by atoms with Crippen molar-refractivity contribution in [3.63, 3.8) is 0 Å². The van der Waals surface area contributed by atoms with E-state index < -0.39 is 0 Å². The molecule has 0 radical (unpaired) electrons. The van der Waals surface area contributed by atoms with Crippen LogP contribution in [0.3, 0.4) is 0 Å². The van der Waals surface area contributed by atoms with Crippen molar-refractivity contribution in [3.8, 4) is 0 Å². The van der Waals surface area contributed by atoms with Crippen LogP contribution in [0.4, 0.5) is 0 Å². The van der Waals surface area contributed by atoms with E-state index in [2.05, 4.69) is 124 Å². The monoisotopic (exact) mass is 808 g/mol. The van der Waals surface area contributed by atoms with Crippen molar-refractivity contribution in [2.24, 2.45) is 23.7 Å². The third-order valence-corrected chi connectivity index (χ3v) is 14.4. The molecular formula is C48H74Br2. The fraction of sp³-hybridized carbons (Fsp3) is 0.708. The topological polar surface area (TPSA) is 0 Å². The van der Waals surface area contributed by atoms with Crippen LogP contribution >= 0.6 is 31.9 Å². The van der Waals surface area contributed by atoms with Gasteiger partial charge in [-0.25, -0.2) is 0 Å². The molecule has 0 aromatic heterocycles. The molecule has 0 spiro atoms. The average molecular weight is 811 g/mol. The predicted octanol–water partition coefficient (Wildman–Crippen LogP) is 17.1. The summed E-state index contributed by atoms with van der Waals surface area (Å²) in [6.07, 6.45) is 26.3. The molecular weight excluding hydrogens is 736 g/mol. The van der Waals surface area contributed by atoms with Gasteiger partial charge in [0, 0.05) is 19.8 Å². The highest BCUT2D eigenvalue weighted by molar-refractivity contribution is 9.10. The van der Waals surface area contributed by atoms with Gasteiger partial charge in [-0.05, 0) is 107 Å². The number of halogens is 2. The van der Waals surface area contributed by atoms with Crippen LogP contribution in [-0.2, 0) is 10.8 Å². The maximum atomic E-state index is 4.05. The van der Waals surface area contributed by atoms with Crippen molar-refractivity contribution in [3.05, 3.63) is 67.6 Å². The molecule has 2 aliphatic rings. The Morgan fingerprint density at radius 1 is 0.440 bits per heavy atom. The molecule has 0 bridgehead atoms. The zero-order valence-corrected chi connectivity index (χ0v) is 36.8. The number of rotatable bonds is 24. The van der Waals surface area contributed by atoms with Crippen LogP contribution in [-0.4, -0.2) is 0 Å². The normalized spacial score (nSPS) is 22.0. The van der Waals surface area contributed by atoms with Gasteiger partial charge in [0.25, 0.3) is 0 Å². The molecule has 4 atom stereocenters. The van der Waals surface area contributed by atoms with Crippen LogP contribution < -0.4 is 0 Å². The van der Waals surface area contributed by atoms with E-state index in [1.54, 1.807) is 33.4 Å². The molecule has 0 saturated carbocycles. The number of benzene rings is 2. The fourth-order valence-electron chi connectivity index (χ4n) is 10.6. The molecule has 0 N–H and O–H groups in total. The van der Waals surface area contributed by atoms with Crippen molar-refractivity contribution < 1.29 is 0 Å². The Bertz CT molecular complexity index is 1230. The maximum Gasteiger partial charge on any atom is 0.0223 e. The number of allylic oxidation sites excluding steroid dienone is 2. The summed E-state index contributed by atoms with van der Waals surface area (Å²) in [6.45, 7) is 19.5. The summed E-state index contributed by atoms with van der Waals surface area (Å²) in [5, 5.41) is 0. The second-order valence-electron chi connectivity index (χ2n) is 16.8. The summed E-state index contributed by atoms with van der Waals surface area (Å²) >= 11 is 8.10. The number of unbranched alkanes of at least 4 members (excludes halogenated alkanes) is 4. The van der Waals surface area contributed by atoms with E-state index in [1.165, 1.54) is 137 Å². The third-order valence-electron chi connectivity index (χ3n) is 13.5. The largest absolute Gasteiger partial charge is 0.0654 e. The van der Waals surface area contributed by atoms with Gasteiger partial charge in [0.2, 0.25) is 0 Å². The summed E-state index contributed by atoms with van der Waals surface area (Å²) in [5.41, 5.74) is 10.2. The van der Waals surface area contributed by atoms with Crippen LogP contribution in [0.15, 0.2) is 45.3 Å². The first-order valence-corrected chi connectivity index (χ1v) is 23.2. The van der Waals surface area contributed by atoms with Gasteiger partial charge < -0.3 is 0 Å². The molecule has 2 heteroatoms. The Labute approximate surface area is 327 Å². The zero-order chi connectivity index (χ0) is 36.3. The molecule has 2 aliphatic carbocycles. The first-order valence-electron chi connectivity index (χ1n) is 21.6. The summed E-state index contributed by atoms with van der Waals surface area (Å²) < 4.78 is 2.52. The molecule has 0 saturated heterocycles. The Kier molecular flexibility index (Phi) is 16.8. The molecule has 0 aliphatic heterocycles. The third kappa shape index (κ3) is 9.08. The lowest BCUT2D eigenvalue weighted by molar-refractivity contribution is 0.278. The van der Waals surface area contributed by atoms with Gasteiger partial charge in [0.15, 0.2) is 0 Å². The van der Waals surface area contributed by atoms with E-state index in [0.717, 1.165) is 23.7 Å². The molecule has 4 unspecified atom stereocenters. The van der Waals surface area contributed by atoms with Gasteiger partial charge in [-0.15, -0.1) is 0 Å². The highest BCUT2D eigenvalue weighted by Crippen LogP contribution is 2.69. The van der Waals surface area contributed by atoms with E-state index >= 15 is 0 Å². The smallest absolute Gasteiger partial charge is 0.0223 e. The molecule has 2 aromatic rings. The Hall–Kier alpha value is -0.860. The highest BCUT2D eigenvalue weighted by Gasteiger charge is 2.57. The van der Waals surface area contributed by atoms with E-state index in [9.17, 15) is 0 Å². The van der Waals surface area contributed by atoms with Crippen molar-refractivity contribution >= 4 is 43.0 Å². The summed E-state index contributed by atoms with van der Waals surface area (Å²) in [4.78, 5) is 0. The van der Waals surface area contributed by atoms with Gasteiger partial charge in [-0.1, -0.05) is 202 Å².